The first kappa shape index (κ1) is 15.4. The second kappa shape index (κ2) is 6.42. The second-order valence-corrected chi connectivity index (χ2v) is 7.00. The van der Waals surface area contributed by atoms with Gasteiger partial charge in [0.25, 0.3) is 5.91 Å². The van der Waals surface area contributed by atoms with Crippen LogP contribution in [0.1, 0.15) is 9.67 Å². The number of nitrogens with zero attached hydrogens (tertiary/aromatic N) is 3. The lowest BCUT2D eigenvalue weighted by atomic mass is 10.2. The van der Waals surface area contributed by atoms with Gasteiger partial charge in [-0.25, -0.2) is 0 Å². The number of halogens is 1. The largest absolute Gasteiger partial charge is 0.368 e. The van der Waals surface area contributed by atoms with E-state index >= 15 is 0 Å². The van der Waals surface area contributed by atoms with E-state index in [2.05, 4.69) is 21.4 Å². The standard InChI is InChI=1S/C18H16ClN3OS/c19-13-6-7-16-15(12-13)17(24-20-16)18(23)22-10-8-21(9-11-22)14-4-2-1-3-5-14/h1-7,12H,8-11H2. The first-order chi connectivity index (χ1) is 11.7. The van der Waals surface area contributed by atoms with Crippen LogP contribution in [0, 0.1) is 0 Å². The number of hydrogen-bond acceptors (Lipinski definition) is 4. The number of amides is 1. The van der Waals surface area contributed by atoms with E-state index in [1.165, 1.54) is 17.2 Å². The minimum atomic E-state index is 0.0532. The zero-order valence-electron chi connectivity index (χ0n) is 13.0. The molecule has 1 aliphatic rings. The summed E-state index contributed by atoms with van der Waals surface area (Å²) in [6, 6.07) is 15.8. The average Bonchev–Trinajstić information content (AvgIpc) is 3.05. The molecule has 4 rings (SSSR count). The van der Waals surface area contributed by atoms with Crippen molar-refractivity contribution in [1.29, 1.82) is 0 Å². The molecule has 1 aromatic heterocycles. The molecule has 1 fully saturated rings. The normalized spacial score (nSPS) is 15.0. The SMILES string of the molecule is O=C(c1snc2ccc(Cl)cc12)N1CCN(c2ccccc2)CC1. The Hall–Kier alpha value is -2.11. The third-order valence-corrected chi connectivity index (χ3v) is 5.42. The summed E-state index contributed by atoms with van der Waals surface area (Å²) in [5.41, 5.74) is 2.04. The molecule has 0 unspecified atom stereocenters. The van der Waals surface area contributed by atoms with E-state index in [1.807, 2.05) is 35.2 Å². The van der Waals surface area contributed by atoms with Gasteiger partial charge in [0.05, 0.1) is 5.52 Å². The van der Waals surface area contributed by atoms with Crippen molar-refractivity contribution < 1.29 is 4.79 Å². The molecule has 0 atom stereocenters. The van der Waals surface area contributed by atoms with Crippen molar-refractivity contribution in [3.05, 3.63) is 58.4 Å². The lowest BCUT2D eigenvalue weighted by molar-refractivity contribution is 0.0753. The predicted octanol–water partition coefficient (Wildman–Crippen LogP) is 3.91. The van der Waals surface area contributed by atoms with E-state index in [-0.39, 0.29) is 5.91 Å². The quantitative estimate of drug-likeness (QED) is 0.697. The van der Waals surface area contributed by atoms with Crippen LogP contribution < -0.4 is 4.90 Å². The minimum Gasteiger partial charge on any atom is -0.368 e. The van der Waals surface area contributed by atoms with Crippen molar-refractivity contribution in [3.63, 3.8) is 0 Å². The molecule has 0 radical (unpaired) electrons. The van der Waals surface area contributed by atoms with Gasteiger partial charge in [0, 0.05) is 42.3 Å². The fourth-order valence-electron chi connectivity index (χ4n) is 3.02. The van der Waals surface area contributed by atoms with Crippen molar-refractivity contribution in [2.24, 2.45) is 0 Å². The molecule has 122 valence electrons. The highest BCUT2D eigenvalue weighted by Gasteiger charge is 2.25. The van der Waals surface area contributed by atoms with Crippen molar-refractivity contribution in [1.82, 2.24) is 9.27 Å². The molecule has 0 aliphatic carbocycles. The molecule has 0 spiro atoms. The van der Waals surface area contributed by atoms with E-state index in [9.17, 15) is 4.79 Å². The van der Waals surface area contributed by atoms with Crippen LogP contribution in [0.5, 0.6) is 0 Å². The van der Waals surface area contributed by atoms with Crippen molar-refractivity contribution in [3.8, 4) is 0 Å². The highest BCUT2D eigenvalue weighted by Crippen LogP contribution is 2.27. The Kier molecular flexibility index (Phi) is 4.12. The van der Waals surface area contributed by atoms with Crippen LogP contribution in [0.25, 0.3) is 10.9 Å². The predicted molar refractivity (Wildman–Crippen MR) is 99.2 cm³/mol. The number of anilines is 1. The third kappa shape index (κ3) is 2.85. The number of piperazine rings is 1. The summed E-state index contributed by atoms with van der Waals surface area (Å²) in [4.78, 5) is 17.8. The molecular formula is C18H16ClN3OS. The maximum Gasteiger partial charge on any atom is 0.266 e. The van der Waals surface area contributed by atoms with Crippen LogP contribution in [0.2, 0.25) is 5.02 Å². The Bertz CT molecular complexity index is 872. The monoisotopic (exact) mass is 357 g/mol. The topological polar surface area (TPSA) is 36.4 Å². The second-order valence-electron chi connectivity index (χ2n) is 5.79. The molecule has 24 heavy (non-hydrogen) atoms. The maximum atomic E-state index is 12.9. The van der Waals surface area contributed by atoms with E-state index in [0.717, 1.165) is 24.0 Å². The van der Waals surface area contributed by atoms with Gasteiger partial charge in [0.15, 0.2) is 0 Å². The Balaban J connectivity index is 1.51. The van der Waals surface area contributed by atoms with Gasteiger partial charge in [-0.2, -0.15) is 4.37 Å². The van der Waals surface area contributed by atoms with Crippen molar-refractivity contribution in [2.75, 3.05) is 31.1 Å². The van der Waals surface area contributed by atoms with Gasteiger partial charge in [-0.3, -0.25) is 4.79 Å². The summed E-state index contributed by atoms with van der Waals surface area (Å²) in [6.45, 7) is 3.11. The van der Waals surface area contributed by atoms with Crippen LogP contribution in [-0.2, 0) is 0 Å². The number of carbonyl (C=O) groups excluding carboxylic acids is 1. The molecule has 4 nitrogen and oxygen atoms in total. The summed E-state index contributed by atoms with van der Waals surface area (Å²) >= 11 is 7.33. The van der Waals surface area contributed by atoms with Gasteiger partial charge in [-0.1, -0.05) is 29.8 Å². The number of carbonyl (C=O) groups is 1. The van der Waals surface area contributed by atoms with E-state index in [1.54, 1.807) is 6.07 Å². The number of benzene rings is 2. The lowest BCUT2D eigenvalue weighted by Crippen LogP contribution is -2.48. The first-order valence-electron chi connectivity index (χ1n) is 7.86. The molecule has 1 aliphatic heterocycles. The number of rotatable bonds is 2. The molecule has 0 saturated carbocycles. The number of aromatic nitrogens is 1. The Morgan fingerprint density at radius 2 is 1.79 bits per heavy atom. The minimum absolute atomic E-state index is 0.0532. The van der Waals surface area contributed by atoms with Crippen molar-refractivity contribution in [2.45, 2.75) is 0 Å². The summed E-state index contributed by atoms with van der Waals surface area (Å²) in [5, 5.41) is 1.48. The smallest absolute Gasteiger partial charge is 0.266 e. The Morgan fingerprint density at radius 1 is 1.04 bits per heavy atom. The zero-order valence-corrected chi connectivity index (χ0v) is 14.6. The number of fused-ring (bicyclic) bond motifs is 1. The van der Waals surface area contributed by atoms with Crippen LogP contribution in [0.3, 0.4) is 0 Å². The zero-order chi connectivity index (χ0) is 16.5. The van der Waals surface area contributed by atoms with Gasteiger partial charge < -0.3 is 9.80 Å². The van der Waals surface area contributed by atoms with E-state index < -0.39 is 0 Å². The van der Waals surface area contributed by atoms with Crippen molar-refractivity contribution >= 4 is 45.6 Å². The van der Waals surface area contributed by atoms with Gasteiger partial charge in [-0.05, 0) is 41.9 Å². The van der Waals surface area contributed by atoms with Gasteiger partial charge in [-0.15, -0.1) is 0 Å². The molecule has 0 N–H and O–H groups in total. The molecule has 2 aromatic carbocycles. The average molecular weight is 358 g/mol. The van der Waals surface area contributed by atoms with Crippen LogP contribution in [0.4, 0.5) is 5.69 Å². The summed E-state index contributed by atoms with van der Waals surface area (Å²) < 4.78 is 4.36. The highest BCUT2D eigenvalue weighted by molar-refractivity contribution is 7.09. The van der Waals surface area contributed by atoms with Crippen LogP contribution in [0.15, 0.2) is 48.5 Å². The molecule has 1 saturated heterocycles. The van der Waals surface area contributed by atoms with Crippen LogP contribution >= 0.6 is 23.1 Å². The van der Waals surface area contributed by atoms with Gasteiger partial charge in [0.2, 0.25) is 0 Å². The van der Waals surface area contributed by atoms with E-state index in [0.29, 0.717) is 23.0 Å². The summed E-state index contributed by atoms with van der Waals surface area (Å²) in [7, 11) is 0. The summed E-state index contributed by atoms with van der Waals surface area (Å²) in [5.74, 6) is 0.0532. The number of hydrogen-bond donors (Lipinski definition) is 0. The van der Waals surface area contributed by atoms with Gasteiger partial charge in [0.1, 0.15) is 4.88 Å². The Morgan fingerprint density at radius 3 is 2.54 bits per heavy atom. The number of para-hydroxylation sites is 1. The fourth-order valence-corrected chi connectivity index (χ4v) is 4.01. The molecule has 6 heteroatoms. The molecular weight excluding hydrogens is 342 g/mol. The third-order valence-electron chi connectivity index (χ3n) is 4.32. The molecule has 0 bridgehead atoms. The molecule has 2 heterocycles. The fraction of sp³-hybridized carbons (Fsp3) is 0.222. The molecule has 3 aromatic rings. The summed E-state index contributed by atoms with van der Waals surface area (Å²) in [6.07, 6.45) is 0. The molecule has 1 amide bonds. The lowest BCUT2D eigenvalue weighted by Gasteiger charge is -2.35. The van der Waals surface area contributed by atoms with Gasteiger partial charge >= 0.3 is 0 Å². The van der Waals surface area contributed by atoms with Crippen LogP contribution in [-0.4, -0.2) is 41.4 Å². The van der Waals surface area contributed by atoms with E-state index in [4.69, 9.17) is 11.6 Å². The highest BCUT2D eigenvalue weighted by atomic mass is 35.5. The maximum absolute atomic E-state index is 12.9. The Labute approximate surface area is 149 Å². The first-order valence-corrected chi connectivity index (χ1v) is 9.02.